The first-order chi connectivity index (χ1) is 7.72. The maximum absolute atomic E-state index is 5.63. The van der Waals surface area contributed by atoms with E-state index >= 15 is 0 Å². The molecule has 94 valence electrons. The number of rotatable bonds is 7. The Morgan fingerprint density at radius 1 is 1.56 bits per heavy atom. The Hall–Kier alpha value is -0.380. The fraction of sp³-hybridized carbons (Fsp3) is 0.846. The number of ether oxygens (including phenoxy) is 2. The van der Waals surface area contributed by atoms with Gasteiger partial charge in [0.2, 0.25) is 0 Å². The van der Waals surface area contributed by atoms with Crippen molar-refractivity contribution in [1.29, 1.82) is 0 Å². The van der Waals surface area contributed by atoms with Gasteiger partial charge in [0.25, 0.3) is 0 Å². The molecule has 1 heterocycles. The van der Waals surface area contributed by atoms with Gasteiger partial charge in [0.15, 0.2) is 0 Å². The van der Waals surface area contributed by atoms with Crippen LogP contribution in [0.5, 0.6) is 0 Å². The van der Waals surface area contributed by atoms with Crippen molar-refractivity contribution >= 4 is 0 Å². The van der Waals surface area contributed by atoms with E-state index in [1.165, 1.54) is 0 Å². The van der Waals surface area contributed by atoms with Crippen molar-refractivity contribution in [3.8, 4) is 0 Å². The fourth-order valence-corrected chi connectivity index (χ4v) is 1.93. The van der Waals surface area contributed by atoms with Crippen molar-refractivity contribution in [1.82, 2.24) is 5.32 Å². The van der Waals surface area contributed by atoms with Crippen LogP contribution in [-0.4, -0.2) is 38.5 Å². The first kappa shape index (κ1) is 13.7. The third kappa shape index (κ3) is 5.64. The zero-order chi connectivity index (χ0) is 11.8. The van der Waals surface area contributed by atoms with Crippen molar-refractivity contribution in [3.63, 3.8) is 0 Å². The largest absolute Gasteiger partial charge is 0.378 e. The average Bonchev–Trinajstić information content (AvgIpc) is 2.28. The molecule has 2 atom stereocenters. The molecule has 0 spiro atoms. The van der Waals surface area contributed by atoms with Crippen LogP contribution in [0.25, 0.3) is 0 Å². The van der Waals surface area contributed by atoms with Gasteiger partial charge in [0, 0.05) is 19.2 Å². The molecular weight excluding hydrogens is 202 g/mol. The highest BCUT2D eigenvalue weighted by Gasteiger charge is 2.20. The van der Waals surface area contributed by atoms with Gasteiger partial charge in [-0.05, 0) is 26.2 Å². The lowest BCUT2D eigenvalue weighted by Crippen LogP contribution is -2.40. The quantitative estimate of drug-likeness (QED) is 0.534. The Kier molecular flexibility index (Phi) is 6.69. The van der Waals surface area contributed by atoms with Gasteiger partial charge in [0.1, 0.15) is 0 Å². The van der Waals surface area contributed by atoms with Crippen LogP contribution < -0.4 is 5.32 Å². The summed E-state index contributed by atoms with van der Waals surface area (Å²) in [6.07, 6.45) is 3.82. The molecule has 0 radical (unpaired) electrons. The van der Waals surface area contributed by atoms with E-state index in [9.17, 15) is 0 Å². The number of hydrogen-bond donors (Lipinski definition) is 1. The number of hydrogen-bond acceptors (Lipinski definition) is 3. The molecule has 1 fully saturated rings. The van der Waals surface area contributed by atoms with Crippen LogP contribution in [0.1, 0.15) is 33.1 Å². The van der Waals surface area contributed by atoms with E-state index < -0.39 is 0 Å². The molecule has 0 amide bonds. The molecule has 0 aromatic rings. The summed E-state index contributed by atoms with van der Waals surface area (Å²) in [5.74, 6) is 0. The molecule has 1 rings (SSSR count). The van der Waals surface area contributed by atoms with Gasteiger partial charge < -0.3 is 14.8 Å². The van der Waals surface area contributed by atoms with Gasteiger partial charge in [-0.25, -0.2) is 0 Å². The Morgan fingerprint density at radius 3 is 3.06 bits per heavy atom. The van der Waals surface area contributed by atoms with Crippen LogP contribution in [0.2, 0.25) is 0 Å². The third-order valence-corrected chi connectivity index (χ3v) is 2.85. The molecule has 1 aliphatic rings. The third-order valence-electron chi connectivity index (χ3n) is 2.85. The molecule has 1 aliphatic heterocycles. The van der Waals surface area contributed by atoms with E-state index in [-0.39, 0.29) is 0 Å². The van der Waals surface area contributed by atoms with Crippen LogP contribution >= 0.6 is 0 Å². The molecule has 0 aromatic heterocycles. The normalized spacial score (nSPS) is 25.6. The summed E-state index contributed by atoms with van der Waals surface area (Å²) in [4.78, 5) is 0. The molecule has 1 saturated heterocycles. The first-order valence-electron chi connectivity index (χ1n) is 6.29. The van der Waals surface area contributed by atoms with Gasteiger partial charge in [0.05, 0.1) is 19.3 Å². The summed E-state index contributed by atoms with van der Waals surface area (Å²) in [6, 6.07) is 0.604. The van der Waals surface area contributed by atoms with Crippen molar-refractivity contribution in [3.05, 3.63) is 12.2 Å². The predicted molar refractivity (Wildman–Crippen MR) is 66.7 cm³/mol. The van der Waals surface area contributed by atoms with Crippen LogP contribution in [0.15, 0.2) is 12.2 Å². The Morgan fingerprint density at radius 2 is 2.38 bits per heavy atom. The van der Waals surface area contributed by atoms with Crippen LogP contribution in [0, 0.1) is 0 Å². The Labute approximate surface area is 99.2 Å². The summed E-state index contributed by atoms with van der Waals surface area (Å²) >= 11 is 0. The molecule has 0 aliphatic carbocycles. The molecule has 0 aromatic carbocycles. The number of nitrogens with one attached hydrogen (secondary N) is 1. The molecular formula is C13H25NO2. The molecule has 3 nitrogen and oxygen atoms in total. The highest BCUT2D eigenvalue weighted by atomic mass is 16.5. The Balaban J connectivity index is 2.01. The standard InChI is InChI=1S/C13H25NO2/c1-4-13-9-12(5-7-16-13)14-6-8-15-10-11(2)3/h12-14H,2,4-10H2,1,3H3. The van der Waals surface area contributed by atoms with E-state index in [0.717, 1.165) is 44.6 Å². The minimum absolute atomic E-state index is 0.447. The maximum atomic E-state index is 5.63. The predicted octanol–water partition coefficient (Wildman–Crippen LogP) is 2.13. The molecule has 3 heteroatoms. The first-order valence-corrected chi connectivity index (χ1v) is 6.29. The van der Waals surface area contributed by atoms with Gasteiger partial charge in [-0.1, -0.05) is 19.1 Å². The smallest absolute Gasteiger partial charge is 0.0672 e. The molecule has 0 saturated carbocycles. The highest BCUT2D eigenvalue weighted by molar-refractivity contribution is 4.87. The van der Waals surface area contributed by atoms with E-state index in [2.05, 4.69) is 18.8 Å². The second-order valence-electron chi connectivity index (χ2n) is 4.59. The zero-order valence-electron chi connectivity index (χ0n) is 10.6. The van der Waals surface area contributed by atoms with E-state index in [4.69, 9.17) is 9.47 Å². The summed E-state index contributed by atoms with van der Waals surface area (Å²) < 4.78 is 11.1. The highest BCUT2D eigenvalue weighted by Crippen LogP contribution is 2.15. The van der Waals surface area contributed by atoms with E-state index in [1.807, 2.05) is 6.92 Å². The van der Waals surface area contributed by atoms with E-state index in [1.54, 1.807) is 0 Å². The second kappa shape index (κ2) is 7.82. The van der Waals surface area contributed by atoms with Crippen LogP contribution in [0.4, 0.5) is 0 Å². The van der Waals surface area contributed by atoms with Crippen LogP contribution in [-0.2, 0) is 9.47 Å². The van der Waals surface area contributed by atoms with Gasteiger partial charge >= 0.3 is 0 Å². The molecule has 1 N–H and O–H groups in total. The lowest BCUT2D eigenvalue weighted by molar-refractivity contribution is -0.00114. The molecule has 2 unspecified atom stereocenters. The summed E-state index contributed by atoms with van der Waals surface area (Å²) in [5.41, 5.74) is 1.08. The monoisotopic (exact) mass is 227 g/mol. The Bertz CT molecular complexity index is 206. The van der Waals surface area contributed by atoms with Gasteiger partial charge in [-0.2, -0.15) is 0 Å². The SMILES string of the molecule is C=C(C)COCCNC1CCOC(CC)C1. The van der Waals surface area contributed by atoms with Crippen molar-refractivity contribution in [2.24, 2.45) is 0 Å². The molecule has 0 bridgehead atoms. The average molecular weight is 227 g/mol. The second-order valence-corrected chi connectivity index (χ2v) is 4.59. The minimum Gasteiger partial charge on any atom is -0.378 e. The lowest BCUT2D eigenvalue weighted by Gasteiger charge is -2.29. The molecule has 16 heavy (non-hydrogen) atoms. The van der Waals surface area contributed by atoms with Crippen molar-refractivity contribution in [2.45, 2.75) is 45.3 Å². The fourth-order valence-electron chi connectivity index (χ4n) is 1.93. The van der Waals surface area contributed by atoms with Crippen molar-refractivity contribution < 1.29 is 9.47 Å². The van der Waals surface area contributed by atoms with E-state index in [0.29, 0.717) is 18.8 Å². The van der Waals surface area contributed by atoms with Crippen molar-refractivity contribution in [2.75, 3.05) is 26.4 Å². The maximum Gasteiger partial charge on any atom is 0.0672 e. The lowest BCUT2D eigenvalue weighted by atomic mass is 10.0. The van der Waals surface area contributed by atoms with Crippen LogP contribution in [0.3, 0.4) is 0 Å². The summed E-state index contributed by atoms with van der Waals surface area (Å²) in [7, 11) is 0. The topological polar surface area (TPSA) is 30.5 Å². The zero-order valence-corrected chi connectivity index (χ0v) is 10.6. The van der Waals surface area contributed by atoms with Gasteiger partial charge in [-0.15, -0.1) is 0 Å². The summed E-state index contributed by atoms with van der Waals surface area (Å²) in [6.45, 7) is 11.2. The van der Waals surface area contributed by atoms with Gasteiger partial charge in [-0.3, -0.25) is 0 Å². The minimum atomic E-state index is 0.447. The summed E-state index contributed by atoms with van der Waals surface area (Å²) in [5, 5.41) is 3.52.